The molecule has 21 heavy (non-hydrogen) atoms. The van der Waals surface area contributed by atoms with Crippen molar-refractivity contribution < 1.29 is 9.47 Å². The van der Waals surface area contributed by atoms with E-state index < -0.39 is 0 Å². The number of ether oxygens (including phenoxy) is 2. The molecule has 0 aromatic heterocycles. The van der Waals surface area contributed by atoms with Crippen LogP contribution in [0.1, 0.15) is 30.7 Å². The molecule has 108 valence electrons. The summed E-state index contributed by atoms with van der Waals surface area (Å²) in [6.07, 6.45) is 6.53. The Hall–Kier alpha value is -1.74. The van der Waals surface area contributed by atoms with Crippen molar-refractivity contribution in [2.24, 2.45) is 4.99 Å². The van der Waals surface area contributed by atoms with E-state index >= 15 is 0 Å². The van der Waals surface area contributed by atoms with Crippen LogP contribution in [-0.2, 0) is 9.47 Å². The Labute approximate surface area is 128 Å². The van der Waals surface area contributed by atoms with Crippen LogP contribution in [0.15, 0.2) is 52.4 Å². The molecule has 1 aliphatic carbocycles. The van der Waals surface area contributed by atoms with Crippen LogP contribution in [0.5, 0.6) is 0 Å². The van der Waals surface area contributed by atoms with Gasteiger partial charge in [0.1, 0.15) is 11.9 Å². The lowest BCUT2D eigenvalue weighted by molar-refractivity contribution is 0.136. The van der Waals surface area contributed by atoms with Crippen molar-refractivity contribution >= 4 is 18.0 Å². The lowest BCUT2D eigenvalue weighted by Crippen LogP contribution is -2.29. The summed E-state index contributed by atoms with van der Waals surface area (Å²) in [4.78, 5) is 4.10. The molecule has 3 aliphatic rings. The first kappa shape index (κ1) is 13.0. The summed E-state index contributed by atoms with van der Waals surface area (Å²) < 4.78 is 11.6. The number of rotatable bonds is 1. The molecular formula is C17H16ClNO2. The predicted molar refractivity (Wildman–Crippen MR) is 82.5 cm³/mol. The molecule has 0 fully saturated rings. The van der Waals surface area contributed by atoms with Crippen LogP contribution in [0, 0.1) is 0 Å². The second-order valence-electron chi connectivity index (χ2n) is 5.67. The summed E-state index contributed by atoms with van der Waals surface area (Å²) in [5.74, 6) is 1.34. The highest BCUT2D eigenvalue weighted by molar-refractivity contribution is 6.31. The quantitative estimate of drug-likeness (QED) is 0.778. The van der Waals surface area contributed by atoms with Crippen molar-refractivity contribution in [2.75, 3.05) is 6.61 Å². The zero-order valence-corrected chi connectivity index (χ0v) is 12.3. The molecule has 4 rings (SSSR count). The number of allylic oxidation sites excluding steroid dienone is 1. The molecule has 2 heterocycles. The van der Waals surface area contributed by atoms with Gasteiger partial charge in [-0.25, -0.2) is 4.99 Å². The highest BCUT2D eigenvalue weighted by Gasteiger charge is 2.34. The minimum Gasteiger partial charge on any atom is -0.492 e. The highest BCUT2D eigenvalue weighted by Crippen LogP contribution is 2.43. The average molecular weight is 302 g/mol. The monoisotopic (exact) mass is 301 g/mol. The number of hydrogen-bond acceptors (Lipinski definition) is 3. The third kappa shape index (κ3) is 2.26. The van der Waals surface area contributed by atoms with E-state index in [2.05, 4.69) is 11.1 Å². The Balaban J connectivity index is 1.64. The first-order chi connectivity index (χ1) is 10.3. The fraction of sp³-hybridized carbons (Fsp3) is 0.353. The number of aliphatic imine (C=N–C) groups is 1. The first-order valence-corrected chi connectivity index (χ1v) is 7.67. The molecule has 3 nitrogen and oxygen atoms in total. The van der Waals surface area contributed by atoms with E-state index in [4.69, 9.17) is 21.1 Å². The number of fused-ring (bicyclic) bond motifs is 2. The largest absolute Gasteiger partial charge is 0.492 e. The maximum absolute atomic E-state index is 6.32. The van der Waals surface area contributed by atoms with E-state index in [0.717, 1.165) is 35.6 Å². The van der Waals surface area contributed by atoms with Gasteiger partial charge in [0.25, 0.3) is 0 Å². The molecule has 0 amide bonds. The SMILES string of the molecule is Clc1ccccc1C1COC2=C(CCC3OC=NC=C23)C1. The Kier molecular flexibility index (Phi) is 3.23. The van der Waals surface area contributed by atoms with Crippen molar-refractivity contribution in [3.63, 3.8) is 0 Å². The summed E-state index contributed by atoms with van der Waals surface area (Å²) in [6, 6.07) is 8.05. The van der Waals surface area contributed by atoms with Gasteiger partial charge in [0.05, 0.1) is 12.2 Å². The third-order valence-corrected chi connectivity index (χ3v) is 4.75. The van der Waals surface area contributed by atoms with Crippen molar-refractivity contribution in [2.45, 2.75) is 31.3 Å². The second-order valence-corrected chi connectivity index (χ2v) is 6.08. The van der Waals surface area contributed by atoms with Crippen LogP contribution in [0.25, 0.3) is 0 Å². The number of benzene rings is 1. The van der Waals surface area contributed by atoms with Crippen LogP contribution in [0.4, 0.5) is 0 Å². The lowest BCUT2D eigenvalue weighted by atomic mass is 9.82. The van der Waals surface area contributed by atoms with Gasteiger partial charge in [-0.2, -0.15) is 0 Å². The highest BCUT2D eigenvalue weighted by atomic mass is 35.5. The summed E-state index contributed by atoms with van der Waals surface area (Å²) in [5.41, 5.74) is 3.64. The van der Waals surface area contributed by atoms with Gasteiger partial charge in [0, 0.05) is 17.1 Å². The van der Waals surface area contributed by atoms with Gasteiger partial charge < -0.3 is 9.47 Å². The molecule has 4 heteroatoms. The number of hydrogen-bond donors (Lipinski definition) is 0. The fourth-order valence-corrected chi connectivity index (χ4v) is 3.64. The fourth-order valence-electron chi connectivity index (χ4n) is 3.35. The topological polar surface area (TPSA) is 30.8 Å². The minimum absolute atomic E-state index is 0.109. The molecule has 0 bridgehead atoms. The smallest absolute Gasteiger partial charge is 0.174 e. The van der Waals surface area contributed by atoms with E-state index in [-0.39, 0.29) is 6.10 Å². The van der Waals surface area contributed by atoms with Crippen molar-refractivity contribution in [3.05, 3.63) is 58.0 Å². The van der Waals surface area contributed by atoms with Crippen LogP contribution in [0.3, 0.4) is 0 Å². The summed E-state index contributed by atoms with van der Waals surface area (Å²) in [6.45, 7) is 0.663. The summed E-state index contributed by atoms with van der Waals surface area (Å²) in [7, 11) is 0. The lowest BCUT2D eigenvalue weighted by Gasteiger charge is -2.36. The summed E-state index contributed by atoms with van der Waals surface area (Å²) >= 11 is 6.32. The second kappa shape index (κ2) is 5.23. The zero-order chi connectivity index (χ0) is 14.2. The molecule has 2 atom stereocenters. The van der Waals surface area contributed by atoms with E-state index in [1.165, 1.54) is 17.5 Å². The van der Waals surface area contributed by atoms with Crippen LogP contribution in [-0.4, -0.2) is 19.1 Å². The van der Waals surface area contributed by atoms with Gasteiger partial charge in [-0.15, -0.1) is 0 Å². The van der Waals surface area contributed by atoms with E-state index in [0.29, 0.717) is 12.5 Å². The Bertz CT molecular complexity index is 663. The maximum atomic E-state index is 6.32. The van der Waals surface area contributed by atoms with Gasteiger partial charge in [0.2, 0.25) is 0 Å². The zero-order valence-electron chi connectivity index (χ0n) is 11.6. The Morgan fingerprint density at radius 2 is 2.14 bits per heavy atom. The van der Waals surface area contributed by atoms with Gasteiger partial charge >= 0.3 is 0 Å². The minimum atomic E-state index is 0.109. The van der Waals surface area contributed by atoms with Gasteiger partial charge in [-0.05, 0) is 36.5 Å². The molecule has 0 radical (unpaired) electrons. The van der Waals surface area contributed by atoms with Crippen molar-refractivity contribution in [3.8, 4) is 0 Å². The summed E-state index contributed by atoms with van der Waals surface area (Å²) in [5, 5.41) is 0.827. The van der Waals surface area contributed by atoms with Crippen LogP contribution >= 0.6 is 11.6 Å². The molecule has 0 saturated carbocycles. The maximum Gasteiger partial charge on any atom is 0.174 e. The predicted octanol–water partition coefficient (Wildman–Crippen LogP) is 4.20. The standard InChI is InChI=1S/C17H16ClNO2/c18-15-4-2-1-3-13(15)12-7-11-5-6-16-14(8-19-10-21-16)17(11)20-9-12/h1-4,8,10,12,16H,5-7,9H2. The first-order valence-electron chi connectivity index (χ1n) is 7.29. The molecular weight excluding hydrogens is 286 g/mol. The molecule has 0 spiro atoms. The van der Waals surface area contributed by atoms with Crippen molar-refractivity contribution in [1.82, 2.24) is 0 Å². The molecule has 0 saturated heterocycles. The van der Waals surface area contributed by atoms with E-state index in [1.807, 2.05) is 24.4 Å². The van der Waals surface area contributed by atoms with Gasteiger partial charge in [-0.3, -0.25) is 0 Å². The van der Waals surface area contributed by atoms with E-state index in [1.54, 1.807) is 0 Å². The molecule has 1 aromatic carbocycles. The average Bonchev–Trinajstić information content (AvgIpc) is 2.54. The normalized spacial score (nSPS) is 27.2. The van der Waals surface area contributed by atoms with Gasteiger partial charge in [-0.1, -0.05) is 29.8 Å². The molecule has 2 aliphatic heterocycles. The number of nitrogens with zero attached hydrogens (tertiary/aromatic N) is 1. The Morgan fingerprint density at radius 3 is 3.05 bits per heavy atom. The van der Waals surface area contributed by atoms with Crippen LogP contribution in [0.2, 0.25) is 5.02 Å². The Morgan fingerprint density at radius 1 is 1.24 bits per heavy atom. The molecule has 2 unspecified atom stereocenters. The van der Waals surface area contributed by atoms with E-state index in [9.17, 15) is 0 Å². The molecule has 1 aromatic rings. The number of halogens is 1. The third-order valence-electron chi connectivity index (χ3n) is 4.40. The van der Waals surface area contributed by atoms with Crippen LogP contribution < -0.4 is 0 Å². The van der Waals surface area contributed by atoms with Crippen molar-refractivity contribution in [1.29, 1.82) is 0 Å². The molecule has 0 N–H and O–H groups in total. The van der Waals surface area contributed by atoms with Gasteiger partial charge in [0.15, 0.2) is 6.40 Å².